The molecule has 0 spiro atoms. The minimum absolute atomic E-state index is 0.0730. The largest absolute Gasteiger partial charge is 0.480 e. The maximum Gasteiger partial charge on any atom is 0.332 e. The standard InChI is InChI=1S/C14H27N3O8/c1-2-16-9(7-18)5-15-6-10(8-19)17-4-3-14(11(20)21,12(22)23)13(24)25/h9-10,15-19H,2-8H2,1H3,(H,20,21)(H,22,23)(H,24,25). The van der Waals surface area contributed by atoms with E-state index in [4.69, 9.17) is 20.4 Å². The van der Waals surface area contributed by atoms with Crippen molar-refractivity contribution in [2.45, 2.75) is 25.4 Å². The van der Waals surface area contributed by atoms with Crippen LogP contribution in [-0.4, -0.2) is 94.9 Å². The number of hydrogen-bond acceptors (Lipinski definition) is 8. The molecule has 0 aliphatic rings. The van der Waals surface area contributed by atoms with E-state index < -0.39 is 35.8 Å². The van der Waals surface area contributed by atoms with Crippen molar-refractivity contribution in [1.29, 1.82) is 0 Å². The van der Waals surface area contributed by atoms with E-state index in [9.17, 15) is 19.5 Å². The van der Waals surface area contributed by atoms with Gasteiger partial charge in [0.2, 0.25) is 0 Å². The van der Waals surface area contributed by atoms with E-state index in [1.807, 2.05) is 6.92 Å². The molecular weight excluding hydrogens is 338 g/mol. The molecule has 0 aromatic rings. The molecule has 11 heteroatoms. The Morgan fingerprint density at radius 3 is 1.68 bits per heavy atom. The molecule has 0 amide bonds. The molecule has 0 aliphatic heterocycles. The number of likely N-dealkylation sites (N-methyl/N-ethyl adjacent to an activating group) is 1. The van der Waals surface area contributed by atoms with Crippen LogP contribution in [-0.2, 0) is 14.4 Å². The predicted molar refractivity (Wildman–Crippen MR) is 86.3 cm³/mol. The van der Waals surface area contributed by atoms with Crippen LogP contribution >= 0.6 is 0 Å². The van der Waals surface area contributed by atoms with Gasteiger partial charge in [0.25, 0.3) is 5.41 Å². The van der Waals surface area contributed by atoms with E-state index in [0.717, 1.165) is 0 Å². The van der Waals surface area contributed by atoms with Gasteiger partial charge in [-0.3, -0.25) is 14.4 Å². The van der Waals surface area contributed by atoms with Crippen molar-refractivity contribution in [3.63, 3.8) is 0 Å². The van der Waals surface area contributed by atoms with E-state index in [1.54, 1.807) is 0 Å². The van der Waals surface area contributed by atoms with Gasteiger partial charge < -0.3 is 41.5 Å². The van der Waals surface area contributed by atoms with Crippen LogP contribution in [0.25, 0.3) is 0 Å². The minimum Gasteiger partial charge on any atom is -0.480 e. The fourth-order valence-corrected chi connectivity index (χ4v) is 2.18. The second-order valence-corrected chi connectivity index (χ2v) is 5.50. The summed E-state index contributed by atoms with van der Waals surface area (Å²) in [5.41, 5.74) is -2.94. The predicted octanol–water partition coefficient (Wildman–Crippen LogP) is -2.87. The summed E-state index contributed by atoms with van der Waals surface area (Å²) in [4.78, 5) is 33.3. The summed E-state index contributed by atoms with van der Waals surface area (Å²) in [6, 6.07) is -0.696. The van der Waals surface area contributed by atoms with Crippen molar-refractivity contribution in [1.82, 2.24) is 16.0 Å². The van der Waals surface area contributed by atoms with Gasteiger partial charge in [-0.15, -0.1) is 0 Å². The fourth-order valence-electron chi connectivity index (χ4n) is 2.18. The van der Waals surface area contributed by atoms with Crippen LogP contribution in [0.4, 0.5) is 0 Å². The Bertz CT molecular complexity index is 410. The van der Waals surface area contributed by atoms with Gasteiger partial charge >= 0.3 is 17.9 Å². The normalized spacial score (nSPS) is 14.0. The van der Waals surface area contributed by atoms with Gasteiger partial charge in [0, 0.05) is 25.2 Å². The zero-order valence-corrected chi connectivity index (χ0v) is 14.1. The summed E-state index contributed by atoms with van der Waals surface area (Å²) in [5.74, 6) is -5.86. The van der Waals surface area contributed by atoms with Crippen molar-refractivity contribution >= 4 is 17.9 Å². The Morgan fingerprint density at radius 2 is 1.32 bits per heavy atom. The number of nitrogens with one attached hydrogen (secondary N) is 3. The molecule has 0 aliphatic carbocycles. The Kier molecular flexibility index (Phi) is 10.9. The average Bonchev–Trinajstić information content (AvgIpc) is 2.54. The fraction of sp³-hybridized carbons (Fsp3) is 0.786. The lowest BCUT2D eigenvalue weighted by Crippen LogP contribution is -2.50. The summed E-state index contributed by atoms with van der Waals surface area (Å²) in [5, 5.41) is 54.1. The molecular formula is C14H27N3O8. The van der Waals surface area contributed by atoms with Crippen LogP contribution in [0.15, 0.2) is 0 Å². The summed E-state index contributed by atoms with van der Waals surface area (Å²) in [6.45, 7) is 2.63. The lowest BCUT2D eigenvalue weighted by molar-refractivity contribution is -0.176. The van der Waals surface area contributed by atoms with Gasteiger partial charge in [-0.1, -0.05) is 6.92 Å². The van der Waals surface area contributed by atoms with Gasteiger partial charge in [0.05, 0.1) is 13.2 Å². The number of aliphatic carboxylic acids is 3. The minimum atomic E-state index is -2.94. The van der Waals surface area contributed by atoms with Gasteiger partial charge in [-0.2, -0.15) is 0 Å². The maximum atomic E-state index is 11.1. The molecule has 8 N–H and O–H groups in total. The molecule has 0 radical (unpaired) electrons. The summed E-state index contributed by atoms with van der Waals surface area (Å²) in [6.07, 6.45) is -0.680. The topological polar surface area (TPSA) is 188 Å². The number of carbonyl (C=O) groups is 3. The van der Waals surface area contributed by atoms with Crippen LogP contribution in [0.1, 0.15) is 13.3 Å². The first-order valence-electron chi connectivity index (χ1n) is 7.85. The average molecular weight is 365 g/mol. The number of rotatable bonds is 15. The first kappa shape index (κ1) is 23.2. The highest BCUT2D eigenvalue weighted by molar-refractivity contribution is 6.16. The van der Waals surface area contributed by atoms with Gasteiger partial charge in [-0.25, -0.2) is 0 Å². The highest BCUT2D eigenvalue weighted by atomic mass is 16.4. The zero-order chi connectivity index (χ0) is 19.5. The number of aliphatic hydroxyl groups excluding tert-OH is 2. The lowest BCUT2D eigenvalue weighted by Gasteiger charge is -2.23. The molecule has 25 heavy (non-hydrogen) atoms. The molecule has 0 aromatic heterocycles. The Balaban J connectivity index is 4.52. The molecule has 0 saturated heterocycles. The number of aliphatic hydroxyl groups is 2. The molecule has 2 atom stereocenters. The zero-order valence-electron chi connectivity index (χ0n) is 14.1. The quantitative estimate of drug-likeness (QED) is 0.139. The van der Waals surface area contributed by atoms with Gasteiger partial charge in [0.1, 0.15) is 0 Å². The molecule has 0 saturated carbocycles. The van der Waals surface area contributed by atoms with Crippen molar-refractivity contribution in [2.24, 2.45) is 5.41 Å². The van der Waals surface area contributed by atoms with Crippen molar-refractivity contribution in [3.05, 3.63) is 0 Å². The summed E-state index contributed by atoms with van der Waals surface area (Å²) >= 11 is 0. The molecule has 0 bridgehead atoms. The van der Waals surface area contributed by atoms with E-state index in [0.29, 0.717) is 13.1 Å². The molecule has 146 valence electrons. The third-order valence-corrected chi connectivity index (χ3v) is 3.74. The molecule has 0 rings (SSSR count). The Hall–Kier alpha value is -1.79. The molecule has 0 aromatic carbocycles. The third-order valence-electron chi connectivity index (χ3n) is 3.74. The maximum absolute atomic E-state index is 11.1. The van der Waals surface area contributed by atoms with E-state index in [2.05, 4.69) is 16.0 Å². The van der Waals surface area contributed by atoms with Crippen LogP contribution in [0.5, 0.6) is 0 Å². The molecule has 2 unspecified atom stereocenters. The highest BCUT2D eigenvalue weighted by Gasteiger charge is 2.54. The first-order chi connectivity index (χ1) is 11.8. The molecule has 11 nitrogen and oxygen atoms in total. The second kappa shape index (κ2) is 11.7. The lowest BCUT2D eigenvalue weighted by atomic mass is 9.84. The van der Waals surface area contributed by atoms with Crippen molar-refractivity contribution < 1.29 is 39.9 Å². The van der Waals surface area contributed by atoms with Crippen molar-refractivity contribution in [2.75, 3.05) is 39.4 Å². The van der Waals surface area contributed by atoms with Crippen LogP contribution < -0.4 is 16.0 Å². The second-order valence-electron chi connectivity index (χ2n) is 5.50. The van der Waals surface area contributed by atoms with Crippen LogP contribution in [0.2, 0.25) is 0 Å². The van der Waals surface area contributed by atoms with Crippen molar-refractivity contribution in [3.8, 4) is 0 Å². The highest BCUT2D eigenvalue weighted by Crippen LogP contribution is 2.23. The molecule has 0 heterocycles. The van der Waals surface area contributed by atoms with E-state index in [-0.39, 0.29) is 32.3 Å². The SMILES string of the molecule is CCNC(CO)CNCC(CO)NCCC(C(=O)O)(C(=O)O)C(=O)O. The number of carboxylic acid groups (broad SMARTS) is 3. The van der Waals surface area contributed by atoms with Crippen LogP contribution in [0.3, 0.4) is 0 Å². The van der Waals surface area contributed by atoms with E-state index in [1.165, 1.54) is 0 Å². The molecule has 0 fully saturated rings. The number of carboxylic acids is 3. The third kappa shape index (κ3) is 6.92. The van der Waals surface area contributed by atoms with Crippen LogP contribution in [0, 0.1) is 5.41 Å². The van der Waals surface area contributed by atoms with Gasteiger partial charge in [-0.05, 0) is 19.5 Å². The smallest absolute Gasteiger partial charge is 0.332 e. The Morgan fingerprint density at radius 1 is 0.880 bits per heavy atom. The monoisotopic (exact) mass is 365 g/mol. The summed E-state index contributed by atoms with van der Waals surface area (Å²) < 4.78 is 0. The van der Waals surface area contributed by atoms with Gasteiger partial charge in [0.15, 0.2) is 0 Å². The Labute approximate surface area is 145 Å². The van der Waals surface area contributed by atoms with E-state index >= 15 is 0 Å². The summed E-state index contributed by atoms with van der Waals surface area (Å²) in [7, 11) is 0. The number of hydrogen-bond donors (Lipinski definition) is 8. The first-order valence-corrected chi connectivity index (χ1v) is 7.85.